The van der Waals surface area contributed by atoms with Crippen molar-refractivity contribution in [1.82, 2.24) is 4.90 Å². The highest BCUT2D eigenvalue weighted by atomic mass is 32.2. The van der Waals surface area contributed by atoms with E-state index in [1.807, 2.05) is 61.5 Å². The molecule has 2 aromatic rings. The first kappa shape index (κ1) is 17.2. The maximum atomic E-state index is 12.7. The molecular weight excluding hydrogens is 346 g/mol. The molecule has 4 rings (SSSR count). The molecule has 0 radical (unpaired) electrons. The Morgan fingerprint density at radius 3 is 2.65 bits per heavy atom. The van der Waals surface area contributed by atoms with Crippen molar-refractivity contribution < 1.29 is 14.3 Å². The van der Waals surface area contributed by atoms with Gasteiger partial charge in [0.1, 0.15) is 17.5 Å². The summed E-state index contributed by atoms with van der Waals surface area (Å²) in [6.45, 7) is 2.26. The summed E-state index contributed by atoms with van der Waals surface area (Å²) in [5, 5.41) is 0. The van der Waals surface area contributed by atoms with E-state index in [9.17, 15) is 9.59 Å². The third-order valence-electron chi connectivity index (χ3n) is 5.13. The average Bonchev–Trinajstić information content (AvgIpc) is 3.21. The predicted molar refractivity (Wildman–Crippen MR) is 101 cm³/mol. The fraction of sp³-hybridized carbons (Fsp3) is 0.333. The first-order valence-corrected chi connectivity index (χ1v) is 9.82. The fourth-order valence-corrected chi connectivity index (χ4v) is 5.39. The zero-order valence-corrected chi connectivity index (χ0v) is 15.5. The van der Waals surface area contributed by atoms with Crippen molar-refractivity contribution in [2.75, 3.05) is 5.75 Å². The van der Waals surface area contributed by atoms with Crippen LogP contribution in [0.4, 0.5) is 0 Å². The topological polar surface area (TPSA) is 46.6 Å². The number of esters is 1. The van der Waals surface area contributed by atoms with E-state index in [0.717, 1.165) is 17.5 Å². The second kappa shape index (κ2) is 6.80. The third kappa shape index (κ3) is 2.90. The Labute approximate surface area is 157 Å². The van der Waals surface area contributed by atoms with Gasteiger partial charge in [-0.25, -0.2) is 4.79 Å². The molecule has 2 heterocycles. The molecule has 134 valence electrons. The largest absolute Gasteiger partial charge is 0.459 e. The first-order chi connectivity index (χ1) is 12.6. The highest BCUT2D eigenvalue weighted by molar-refractivity contribution is 8.00. The van der Waals surface area contributed by atoms with Crippen LogP contribution in [-0.4, -0.2) is 28.6 Å². The van der Waals surface area contributed by atoms with Gasteiger partial charge in [-0.15, -0.1) is 11.8 Å². The first-order valence-electron chi connectivity index (χ1n) is 8.84. The van der Waals surface area contributed by atoms with Crippen LogP contribution >= 0.6 is 11.8 Å². The molecule has 0 spiro atoms. The van der Waals surface area contributed by atoms with Gasteiger partial charge in [-0.1, -0.05) is 60.2 Å². The lowest BCUT2D eigenvalue weighted by atomic mass is 10.0. The number of carbonyl (C=O) groups excluding carboxylic acids is 2. The molecule has 0 aromatic heterocycles. The highest BCUT2D eigenvalue weighted by Crippen LogP contribution is 2.54. The van der Waals surface area contributed by atoms with Gasteiger partial charge in [0.15, 0.2) is 0 Å². The maximum Gasteiger partial charge on any atom is 0.330 e. The molecule has 0 aliphatic carbocycles. The molecule has 0 saturated carbocycles. The van der Waals surface area contributed by atoms with Crippen molar-refractivity contribution in [1.29, 1.82) is 0 Å². The number of ether oxygens (including phenoxy) is 1. The lowest BCUT2D eigenvalue weighted by Gasteiger charge is -2.33. The normalized spacial score (nSPS) is 24.6. The number of rotatable bonds is 4. The average molecular weight is 367 g/mol. The van der Waals surface area contributed by atoms with Crippen LogP contribution in [0.1, 0.15) is 29.5 Å². The van der Waals surface area contributed by atoms with E-state index in [0.29, 0.717) is 12.2 Å². The summed E-state index contributed by atoms with van der Waals surface area (Å²) in [4.78, 5) is 26.6. The van der Waals surface area contributed by atoms with Gasteiger partial charge in [-0.2, -0.15) is 0 Å². The van der Waals surface area contributed by atoms with E-state index >= 15 is 0 Å². The van der Waals surface area contributed by atoms with E-state index in [-0.39, 0.29) is 18.5 Å². The number of fused-ring (bicyclic) bond motifs is 1. The van der Waals surface area contributed by atoms with E-state index in [4.69, 9.17) is 4.74 Å². The summed E-state index contributed by atoms with van der Waals surface area (Å²) < 4.78 is 5.54. The minimum atomic E-state index is -0.513. The third-order valence-corrected chi connectivity index (χ3v) is 6.72. The minimum absolute atomic E-state index is 0.0381. The van der Waals surface area contributed by atoms with Crippen molar-refractivity contribution in [3.8, 4) is 0 Å². The van der Waals surface area contributed by atoms with Gasteiger partial charge in [0.25, 0.3) is 0 Å². The van der Waals surface area contributed by atoms with Crippen molar-refractivity contribution in [3.05, 3.63) is 71.3 Å². The number of thioether (sulfide) groups is 1. The Morgan fingerprint density at radius 1 is 1.19 bits per heavy atom. The Balaban J connectivity index is 1.51. The van der Waals surface area contributed by atoms with Crippen LogP contribution in [0.5, 0.6) is 0 Å². The quantitative estimate of drug-likeness (QED) is 0.774. The van der Waals surface area contributed by atoms with Crippen LogP contribution in [0.2, 0.25) is 0 Å². The molecule has 2 saturated heterocycles. The van der Waals surface area contributed by atoms with Crippen molar-refractivity contribution in [2.45, 2.75) is 37.3 Å². The van der Waals surface area contributed by atoms with E-state index in [2.05, 4.69) is 0 Å². The SMILES string of the molecule is Cc1ccc(COC(=O)[C@@H]2CS[C@]3(c4ccccc4)CCC(=O)N23)cc1. The Bertz CT molecular complexity index is 821. The van der Waals surface area contributed by atoms with E-state index in [1.165, 1.54) is 5.56 Å². The lowest BCUT2D eigenvalue weighted by molar-refractivity contribution is -0.155. The molecule has 4 nitrogen and oxygen atoms in total. The molecule has 2 aliphatic heterocycles. The summed E-state index contributed by atoms with van der Waals surface area (Å²) >= 11 is 1.68. The second-order valence-electron chi connectivity index (χ2n) is 6.83. The number of aryl methyl sites for hydroxylation is 1. The summed E-state index contributed by atoms with van der Waals surface area (Å²) in [6, 6.07) is 17.4. The van der Waals surface area contributed by atoms with Gasteiger partial charge in [0.2, 0.25) is 5.91 Å². The minimum Gasteiger partial charge on any atom is -0.459 e. The standard InChI is InChI=1S/C21H21NO3S/c1-15-7-9-16(10-8-15)13-25-20(24)18-14-26-21(12-11-19(23)22(18)21)17-5-3-2-4-6-17/h2-10,18H,11-14H2,1H3/t18-,21-/m0/s1. The van der Waals surface area contributed by atoms with Crippen LogP contribution in [0, 0.1) is 6.92 Å². The number of benzene rings is 2. The number of hydrogen-bond donors (Lipinski definition) is 0. The van der Waals surface area contributed by atoms with Crippen LogP contribution in [0.15, 0.2) is 54.6 Å². The number of hydrogen-bond acceptors (Lipinski definition) is 4. The fourth-order valence-electron chi connectivity index (χ4n) is 3.75. The molecule has 2 aliphatic rings. The monoisotopic (exact) mass is 367 g/mol. The van der Waals surface area contributed by atoms with Crippen molar-refractivity contribution >= 4 is 23.6 Å². The van der Waals surface area contributed by atoms with Gasteiger partial charge in [0, 0.05) is 12.2 Å². The van der Waals surface area contributed by atoms with E-state index < -0.39 is 10.9 Å². The molecular formula is C21H21NO3S. The molecule has 2 atom stereocenters. The van der Waals surface area contributed by atoms with Gasteiger partial charge < -0.3 is 9.64 Å². The van der Waals surface area contributed by atoms with Crippen LogP contribution < -0.4 is 0 Å². The van der Waals surface area contributed by atoms with Gasteiger partial charge >= 0.3 is 5.97 Å². The second-order valence-corrected chi connectivity index (χ2v) is 8.13. The van der Waals surface area contributed by atoms with Crippen molar-refractivity contribution in [2.24, 2.45) is 0 Å². The molecule has 0 N–H and O–H groups in total. The predicted octanol–water partition coefficient (Wildman–Crippen LogP) is 3.63. The zero-order chi connectivity index (χ0) is 18.1. The molecule has 26 heavy (non-hydrogen) atoms. The molecule has 1 amide bonds. The van der Waals surface area contributed by atoms with Gasteiger partial charge in [0.05, 0.1) is 0 Å². The molecule has 0 unspecified atom stereocenters. The Morgan fingerprint density at radius 2 is 1.92 bits per heavy atom. The summed E-state index contributed by atoms with van der Waals surface area (Å²) in [5.74, 6) is 0.301. The Kier molecular flexibility index (Phi) is 4.49. The van der Waals surface area contributed by atoms with Crippen LogP contribution in [0.3, 0.4) is 0 Å². The smallest absolute Gasteiger partial charge is 0.330 e. The van der Waals surface area contributed by atoms with Gasteiger partial charge in [-0.05, 0) is 24.5 Å². The van der Waals surface area contributed by atoms with E-state index in [1.54, 1.807) is 16.7 Å². The number of carbonyl (C=O) groups is 2. The molecule has 0 bridgehead atoms. The summed E-state index contributed by atoms with van der Waals surface area (Å²) in [7, 11) is 0. The molecule has 2 aromatic carbocycles. The zero-order valence-electron chi connectivity index (χ0n) is 14.7. The Hall–Kier alpha value is -2.27. The highest BCUT2D eigenvalue weighted by Gasteiger charge is 2.57. The molecule has 5 heteroatoms. The van der Waals surface area contributed by atoms with Crippen molar-refractivity contribution in [3.63, 3.8) is 0 Å². The van der Waals surface area contributed by atoms with Crippen LogP contribution in [0.25, 0.3) is 0 Å². The lowest BCUT2D eigenvalue weighted by Crippen LogP contribution is -2.46. The number of amides is 1. The summed E-state index contributed by atoms with van der Waals surface area (Å²) in [5.41, 5.74) is 3.21. The molecule has 2 fully saturated rings. The van der Waals surface area contributed by atoms with Gasteiger partial charge in [-0.3, -0.25) is 4.79 Å². The maximum absolute atomic E-state index is 12.7. The summed E-state index contributed by atoms with van der Waals surface area (Å²) in [6.07, 6.45) is 1.21. The van der Waals surface area contributed by atoms with Crippen LogP contribution in [-0.2, 0) is 25.8 Å². The number of nitrogens with zero attached hydrogens (tertiary/aromatic N) is 1.